The average Bonchev–Trinajstić information content (AvgIpc) is 2.49. The van der Waals surface area contributed by atoms with E-state index >= 15 is 0 Å². The van der Waals surface area contributed by atoms with Crippen LogP contribution in [-0.2, 0) is 5.41 Å². The molecule has 1 aliphatic carbocycles. The van der Waals surface area contributed by atoms with Crippen LogP contribution in [0.1, 0.15) is 31.7 Å². The molecule has 1 fully saturated rings. The van der Waals surface area contributed by atoms with Gasteiger partial charge in [-0.05, 0) is 36.3 Å². The van der Waals surface area contributed by atoms with Crippen LogP contribution in [0.15, 0.2) is 24.5 Å². The summed E-state index contributed by atoms with van der Waals surface area (Å²) in [5.41, 5.74) is 1.40. The topological polar surface area (TPSA) is 33.1 Å². The van der Waals surface area contributed by atoms with Crippen molar-refractivity contribution in [2.45, 2.75) is 37.7 Å². The molecular formula is C11H15NO. The first kappa shape index (κ1) is 8.70. The van der Waals surface area contributed by atoms with Crippen molar-refractivity contribution in [2.24, 2.45) is 0 Å². The molecule has 1 aromatic heterocycles. The molecule has 2 unspecified atom stereocenters. The summed E-state index contributed by atoms with van der Waals surface area (Å²) in [4.78, 5) is 4.12. The molecule has 13 heavy (non-hydrogen) atoms. The average molecular weight is 177 g/mol. The highest BCUT2D eigenvalue weighted by molar-refractivity contribution is 5.22. The van der Waals surface area contributed by atoms with Gasteiger partial charge in [-0.3, -0.25) is 4.98 Å². The standard InChI is InChI=1S/C11H15NO/c1-11(5-4-10(13)7-11)9-3-2-6-12-8-9/h2-3,6,8,10,13H,4-5,7H2,1H3. The van der Waals surface area contributed by atoms with Gasteiger partial charge in [-0.1, -0.05) is 13.0 Å². The molecule has 0 amide bonds. The van der Waals surface area contributed by atoms with Crippen molar-refractivity contribution < 1.29 is 5.11 Å². The minimum atomic E-state index is -0.120. The van der Waals surface area contributed by atoms with Gasteiger partial charge in [0.2, 0.25) is 0 Å². The fourth-order valence-corrected chi connectivity index (χ4v) is 2.19. The summed E-state index contributed by atoms with van der Waals surface area (Å²) in [5, 5.41) is 9.51. The van der Waals surface area contributed by atoms with Crippen molar-refractivity contribution in [3.63, 3.8) is 0 Å². The minimum Gasteiger partial charge on any atom is -0.393 e. The number of aliphatic hydroxyl groups excluding tert-OH is 1. The molecule has 2 atom stereocenters. The smallest absolute Gasteiger partial charge is 0.0549 e. The van der Waals surface area contributed by atoms with E-state index in [0.717, 1.165) is 19.3 Å². The van der Waals surface area contributed by atoms with Crippen molar-refractivity contribution in [1.29, 1.82) is 0 Å². The molecule has 0 radical (unpaired) electrons. The van der Waals surface area contributed by atoms with Gasteiger partial charge in [0, 0.05) is 12.4 Å². The van der Waals surface area contributed by atoms with Gasteiger partial charge in [-0.25, -0.2) is 0 Å². The Kier molecular flexibility index (Phi) is 2.08. The maximum atomic E-state index is 9.51. The van der Waals surface area contributed by atoms with E-state index in [0.29, 0.717) is 0 Å². The molecule has 0 bridgehead atoms. The van der Waals surface area contributed by atoms with Gasteiger partial charge in [0.15, 0.2) is 0 Å². The first-order chi connectivity index (χ1) is 6.21. The number of aliphatic hydroxyl groups is 1. The predicted octanol–water partition coefficient (Wildman–Crippen LogP) is 1.88. The molecule has 70 valence electrons. The second-order valence-corrected chi connectivity index (χ2v) is 4.20. The van der Waals surface area contributed by atoms with Crippen LogP contribution in [-0.4, -0.2) is 16.2 Å². The van der Waals surface area contributed by atoms with Crippen LogP contribution in [0.3, 0.4) is 0 Å². The van der Waals surface area contributed by atoms with Crippen LogP contribution in [0.5, 0.6) is 0 Å². The molecule has 1 saturated carbocycles. The van der Waals surface area contributed by atoms with E-state index in [1.165, 1.54) is 5.56 Å². The largest absolute Gasteiger partial charge is 0.393 e. The van der Waals surface area contributed by atoms with E-state index in [4.69, 9.17) is 0 Å². The van der Waals surface area contributed by atoms with Gasteiger partial charge < -0.3 is 5.11 Å². The molecule has 0 aliphatic heterocycles. The van der Waals surface area contributed by atoms with Gasteiger partial charge in [-0.15, -0.1) is 0 Å². The Morgan fingerprint density at radius 3 is 3.00 bits per heavy atom. The molecule has 0 saturated heterocycles. The van der Waals surface area contributed by atoms with Gasteiger partial charge in [-0.2, -0.15) is 0 Å². The molecular weight excluding hydrogens is 162 g/mol. The number of rotatable bonds is 1. The Bertz CT molecular complexity index is 285. The first-order valence-corrected chi connectivity index (χ1v) is 4.79. The normalized spacial score (nSPS) is 33.5. The van der Waals surface area contributed by atoms with E-state index in [9.17, 15) is 5.11 Å². The zero-order valence-electron chi connectivity index (χ0n) is 7.90. The highest BCUT2D eigenvalue weighted by atomic mass is 16.3. The third kappa shape index (κ3) is 1.59. The van der Waals surface area contributed by atoms with E-state index in [2.05, 4.69) is 18.0 Å². The minimum absolute atomic E-state index is 0.120. The number of pyridine rings is 1. The number of aromatic nitrogens is 1. The fourth-order valence-electron chi connectivity index (χ4n) is 2.19. The monoisotopic (exact) mass is 177 g/mol. The highest BCUT2D eigenvalue weighted by Gasteiger charge is 2.35. The van der Waals surface area contributed by atoms with Crippen LogP contribution in [0.4, 0.5) is 0 Å². The fraction of sp³-hybridized carbons (Fsp3) is 0.545. The van der Waals surface area contributed by atoms with Crippen molar-refractivity contribution in [3.05, 3.63) is 30.1 Å². The third-order valence-electron chi connectivity index (χ3n) is 3.07. The maximum Gasteiger partial charge on any atom is 0.0549 e. The van der Waals surface area contributed by atoms with E-state index in [-0.39, 0.29) is 11.5 Å². The lowest BCUT2D eigenvalue weighted by Gasteiger charge is -2.23. The molecule has 1 N–H and O–H groups in total. The highest BCUT2D eigenvalue weighted by Crippen LogP contribution is 2.40. The SMILES string of the molecule is CC1(c2cccnc2)CCC(O)C1. The summed E-state index contributed by atoms with van der Waals surface area (Å²) >= 11 is 0. The summed E-state index contributed by atoms with van der Waals surface area (Å²) in [6, 6.07) is 4.07. The van der Waals surface area contributed by atoms with Crippen molar-refractivity contribution in [3.8, 4) is 0 Å². The second-order valence-electron chi connectivity index (χ2n) is 4.20. The lowest BCUT2D eigenvalue weighted by molar-refractivity contribution is 0.175. The van der Waals surface area contributed by atoms with Gasteiger partial charge in [0.1, 0.15) is 0 Å². The molecule has 0 spiro atoms. The maximum absolute atomic E-state index is 9.51. The summed E-state index contributed by atoms with van der Waals surface area (Å²) in [7, 11) is 0. The van der Waals surface area contributed by atoms with Crippen LogP contribution in [0.25, 0.3) is 0 Å². The number of nitrogens with zero attached hydrogens (tertiary/aromatic N) is 1. The molecule has 2 heteroatoms. The van der Waals surface area contributed by atoms with E-state index in [1.807, 2.05) is 12.3 Å². The Hall–Kier alpha value is -0.890. The Labute approximate surface area is 78.6 Å². The molecule has 2 nitrogen and oxygen atoms in total. The van der Waals surface area contributed by atoms with Crippen LogP contribution in [0.2, 0.25) is 0 Å². The van der Waals surface area contributed by atoms with E-state index < -0.39 is 0 Å². The number of hydrogen-bond donors (Lipinski definition) is 1. The lowest BCUT2D eigenvalue weighted by atomic mass is 9.82. The molecule has 1 aromatic rings. The Morgan fingerprint density at radius 2 is 2.46 bits per heavy atom. The van der Waals surface area contributed by atoms with Gasteiger partial charge in [0.25, 0.3) is 0 Å². The van der Waals surface area contributed by atoms with Crippen LogP contribution in [0, 0.1) is 0 Å². The van der Waals surface area contributed by atoms with Crippen molar-refractivity contribution in [2.75, 3.05) is 0 Å². The van der Waals surface area contributed by atoms with Crippen LogP contribution >= 0.6 is 0 Å². The molecule has 1 heterocycles. The third-order valence-corrected chi connectivity index (χ3v) is 3.07. The van der Waals surface area contributed by atoms with Crippen molar-refractivity contribution in [1.82, 2.24) is 4.98 Å². The van der Waals surface area contributed by atoms with Gasteiger partial charge >= 0.3 is 0 Å². The van der Waals surface area contributed by atoms with Crippen LogP contribution < -0.4 is 0 Å². The second kappa shape index (κ2) is 3.11. The Morgan fingerprint density at radius 1 is 1.62 bits per heavy atom. The summed E-state index contributed by atoms with van der Waals surface area (Å²) in [6.45, 7) is 2.21. The Balaban J connectivity index is 2.26. The predicted molar refractivity (Wildman–Crippen MR) is 51.4 cm³/mol. The molecule has 0 aromatic carbocycles. The summed E-state index contributed by atoms with van der Waals surface area (Å²) in [6.07, 6.45) is 6.45. The lowest BCUT2D eigenvalue weighted by Crippen LogP contribution is -2.18. The van der Waals surface area contributed by atoms with E-state index in [1.54, 1.807) is 6.20 Å². The van der Waals surface area contributed by atoms with Gasteiger partial charge in [0.05, 0.1) is 6.10 Å². The van der Waals surface area contributed by atoms with Crippen molar-refractivity contribution >= 4 is 0 Å². The number of hydrogen-bond acceptors (Lipinski definition) is 2. The first-order valence-electron chi connectivity index (χ1n) is 4.79. The molecule has 2 rings (SSSR count). The quantitative estimate of drug-likeness (QED) is 0.710. The summed E-state index contributed by atoms with van der Waals surface area (Å²) < 4.78 is 0. The zero-order chi connectivity index (χ0) is 9.31. The zero-order valence-corrected chi connectivity index (χ0v) is 7.90. The molecule has 1 aliphatic rings. The summed E-state index contributed by atoms with van der Waals surface area (Å²) in [5.74, 6) is 0.